The van der Waals surface area contributed by atoms with Crippen molar-refractivity contribution in [3.63, 3.8) is 0 Å². The van der Waals surface area contributed by atoms with E-state index in [0.29, 0.717) is 5.13 Å². The summed E-state index contributed by atoms with van der Waals surface area (Å²) >= 11 is 1.32. The molecule has 0 saturated heterocycles. The number of nitrogens with one attached hydrogen (secondary N) is 1. The molecule has 1 aromatic carbocycles. The van der Waals surface area contributed by atoms with Crippen LogP contribution in [0.2, 0.25) is 0 Å². The van der Waals surface area contributed by atoms with Crippen molar-refractivity contribution in [2.75, 3.05) is 5.32 Å². The van der Waals surface area contributed by atoms with E-state index in [-0.39, 0.29) is 5.91 Å². The normalized spacial score (nSPS) is 12.1. The third-order valence-electron chi connectivity index (χ3n) is 2.09. The molecule has 3 N–H and O–H groups in total. The molecule has 2 rings (SSSR count). The number of rotatable bonds is 3. The second-order valence-corrected chi connectivity index (χ2v) is 4.53. The van der Waals surface area contributed by atoms with Gasteiger partial charge in [0.15, 0.2) is 0 Å². The van der Waals surface area contributed by atoms with Crippen molar-refractivity contribution in [2.45, 2.75) is 13.0 Å². The Balaban J connectivity index is 2.14. The number of hydrogen-bond donors (Lipinski definition) is 2. The highest BCUT2D eigenvalue weighted by Gasteiger charge is 2.11. The van der Waals surface area contributed by atoms with Gasteiger partial charge >= 0.3 is 0 Å². The molecule has 1 aromatic heterocycles. The molecule has 88 valence electrons. The maximum absolute atomic E-state index is 11.4. The van der Waals surface area contributed by atoms with Crippen LogP contribution in [0.25, 0.3) is 10.6 Å². The van der Waals surface area contributed by atoms with E-state index >= 15 is 0 Å². The van der Waals surface area contributed by atoms with Crippen LogP contribution in [0, 0.1) is 0 Å². The molecular formula is C11H12N4OS. The third-order valence-corrected chi connectivity index (χ3v) is 2.98. The first-order chi connectivity index (χ1) is 8.16. The van der Waals surface area contributed by atoms with Gasteiger partial charge in [0.1, 0.15) is 5.01 Å². The first-order valence-electron chi connectivity index (χ1n) is 5.12. The van der Waals surface area contributed by atoms with E-state index in [1.807, 2.05) is 30.3 Å². The molecule has 1 amide bonds. The van der Waals surface area contributed by atoms with Gasteiger partial charge in [-0.05, 0) is 6.92 Å². The number of benzene rings is 1. The summed E-state index contributed by atoms with van der Waals surface area (Å²) in [7, 11) is 0. The zero-order valence-electron chi connectivity index (χ0n) is 9.25. The summed E-state index contributed by atoms with van der Waals surface area (Å²) in [6, 6.07) is 9.12. The zero-order chi connectivity index (χ0) is 12.3. The van der Waals surface area contributed by atoms with Crippen LogP contribution < -0.4 is 11.1 Å². The Morgan fingerprint density at radius 3 is 2.71 bits per heavy atom. The molecule has 17 heavy (non-hydrogen) atoms. The van der Waals surface area contributed by atoms with Crippen molar-refractivity contribution in [3.05, 3.63) is 30.3 Å². The highest BCUT2D eigenvalue weighted by atomic mass is 32.1. The number of aromatic nitrogens is 2. The van der Waals surface area contributed by atoms with Crippen LogP contribution in [0.5, 0.6) is 0 Å². The molecule has 2 aromatic rings. The first-order valence-corrected chi connectivity index (χ1v) is 5.94. The van der Waals surface area contributed by atoms with Crippen molar-refractivity contribution in [1.82, 2.24) is 10.2 Å². The Kier molecular flexibility index (Phi) is 3.46. The summed E-state index contributed by atoms with van der Waals surface area (Å²) in [5, 5.41) is 11.8. The van der Waals surface area contributed by atoms with Crippen LogP contribution in [-0.2, 0) is 4.79 Å². The number of nitrogens with zero attached hydrogens (tertiary/aromatic N) is 2. The summed E-state index contributed by atoms with van der Waals surface area (Å²) in [5.41, 5.74) is 6.42. The van der Waals surface area contributed by atoms with Gasteiger partial charge in [-0.2, -0.15) is 0 Å². The fourth-order valence-corrected chi connectivity index (χ4v) is 1.94. The lowest BCUT2D eigenvalue weighted by Gasteiger charge is -2.02. The van der Waals surface area contributed by atoms with Crippen molar-refractivity contribution < 1.29 is 4.79 Å². The molecule has 0 aliphatic heterocycles. The van der Waals surface area contributed by atoms with Crippen LogP contribution in [0.4, 0.5) is 5.13 Å². The third kappa shape index (κ3) is 2.86. The molecule has 0 aliphatic carbocycles. The van der Waals surface area contributed by atoms with Crippen LogP contribution in [-0.4, -0.2) is 22.1 Å². The molecule has 1 heterocycles. The lowest BCUT2D eigenvalue weighted by Crippen LogP contribution is -2.32. The number of anilines is 1. The molecule has 0 bridgehead atoms. The van der Waals surface area contributed by atoms with Gasteiger partial charge in [0.2, 0.25) is 11.0 Å². The maximum atomic E-state index is 11.4. The Morgan fingerprint density at radius 2 is 2.06 bits per heavy atom. The van der Waals surface area contributed by atoms with E-state index in [4.69, 9.17) is 5.73 Å². The summed E-state index contributed by atoms with van der Waals surface area (Å²) < 4.78 is 0. The van der Waals surface area contributed by atoms with Gasteiger partial charge in [-0.3, -0.25) is 10.1 Å². The topological polar surface area (TPSA) is 80.9 Å². The van der Waals surface area contributed by atoms with E-state index in [9.17, 15) is 4.79 Å². The number of nitrogens with two attached hydrogens (primary N) is 1. The number of carbonyl (C=O) groups is 1. The van der Waals surface area contributed by atoms with Crippen molar-refractivity contribution in [3.8, 4) is 10.6 Å². The van der Waals surface area contributed by atoms with E-state index < -0.39 is 6.04 Å². The number of carbonyl (C=O) groups excluding carboxylic acids is 1. The highest BCUT2D eigenvalue weighted by molar-refractivity contribution is 7.18. The van der Waals surface area contributed by atoms with Gasteiger partial charge in [0.25, 0.3) is 0 Å². The minimum atomic E-state index is -0.556. The minimum absolute atomic E-state index is 0.263. The Morgan fingerprint density at radius 1 is 1.35 bits per heavy atom. The second-order valence-electron chi connectivity index (χ2n) is 3.56. The predicted molar refractivity (Wildman–Crippen MR) is 67.6 cm³/mol. The zero-order valence-corrected chi connectivity index (χ0v) is 10.1. The van der Waals surface area contributed by atoms with Crippen LogP contribution >= 0.6 is 11.3 Å². The predicted octanol–water partition coefficient (Wildman–Crippen LogP) is 1.49. The molecule has 6 heteroatoms. The summed E-state index contributed by atoms with van der Waals surface area (Å²) in [6.07, 6.45) is 0. The number of amides is 1. The quantitative estimate of drug-likeness (QED) is 0.862. The van der Waals surface area contributed by atoms with Crippen molar-refractivity contribution in [1.29, 1.82) is 0 Å². The van der Waals surface area contributed by atoms with Crippen molar-refractivity contribution in [2.24, 2.45) is 5.73 Å². The smallest absolute Gasteiger partial charge is 0.242 e. The lowest BCUT2D eigenvalue weighted by molar-refractivity contribution is -0.117. The van der Waals surface area contributed by atoms with Gasteiger partial charge in [-0.15, -0.1) is 10.2 Å². The molecule has 1 unspecified atom stereocenters. The molecule has 5 nitrogen and oxygen atoms in total. The van der Waals surface area contributed by atoms with Crippen LogP contribution in [0.1, 0.15) is 6.92 Å². The summed E-state index contributed by atoms with van der Waals surface area (Å²) in [5.74, 6) is -0.263. The van der Waals surface area contributed by atoms with Gasteiger partial charge in [0.05, 0.1) is 6.04 Å². The molecule has 0 spiro atoms. The SMILES string of the molecule is CC(N)C(=O)Nc1nnc(-c2ccccc2)s1. The van der Waals surface area contributed by atoms with Gasteiger partial charge < -0.3 is 5.73 Å². The van der Waals surface area contributed by atoms with Crippen LogP contribution in [0.15, 0.2) is 30.3 Å². The van der Waals surface area contributed by atoms with Crippen molar-refractivity contribution >= 4 is 22.4 Å². The minimum Gasteiger partial charge on any atom is -0.320 e. The van der Waals surface area contributed by atoms with E-state index in [0.717, 1.165) is 10.6 Å². The van der Waals surface area contributed by atoms with E-state index in [1.54, 1.807) is 6.92 Å². The standard InChI is InChI=1S/C11H12N4OS/c1-7(12)9(16)13-11-15-14-10(17-11)8-5-3-2-4-6-8/h2-7H,12H2,1H3,(H,13,15,16). The van der Waals surface area contributed by atoms with Gasteiger partial charge in [-0.1, -0.05) is 41.7 Å². The Bertz CT molecular complexity index is 509. The summed E-state index contributed by atoms with van der Waals surface area (Å²) in [4.78, 5) is 11.4. The fraction of sp³-hybridized carbons (Fsp3) is 0.182. The first kappa shape index (κ1) is 11.7. The highest BCUT2D eigenvalue weighted by Crippen LogP contribution is 2.25. The molecular weight excluding hydrogens is 236 g/mol. The Hall–Kier alpha value is -1.79. The molecule has 0 radical (unpaired) electrons. The van der Waals surface area contributed by atoms with Gasteiger partial charge in [-0.25, -0.2) is 0 Å². The molecule has 0 saturated carbocycles. The van der Waals surface area contributed by atoms with Gasteiger partial charge in [0, 0.05) is 5.56 Å². The molecule has 0 aliphatic rings. The fourth-order valence-electron chi connectivity index (χ4n) is 1.19. The monoisotopic (exact) mass is 248 g/mol. The molecule has 1 atom stereocenters. The van der Waals surface area contributed by atoms with E-state index in [1.165, 1.54) is 11.3 Å². The second kappa shape index (κ2) is 5.03. The number of hydrogen-bond acceptors (Lipinski definition) is 5. The average molecular weight is 248 g/mol. The molecule has 0 fully saturated rings. The largest absolute Gasteiger partial charge is 0.320 e. The lowest BCUT2D eigenvalue weighted by atomic mass is 10.2. The van der Waals surface area contributed by atoms with Crippen LogP contribution in [0.3, 0.4) is 0 Å². The average Bonchev–Trinajstić information content (AvgIpc) is 2.78. The Labute approximate surface area is 103 Å². The van der Waals surface area contributed by atoms with E-state index in [2.05, 4.69) is 15.5 Å². The maximum Gasteiger partial charge on any atom is 0.242 e. The summed E-state index contributed by atoms with van der Waals surface area (Å²) in [6.45, 7) is 1.62.